The Labute approximate surface area is 218 Å². The predicted octanol–water partition coefficient (Wildman–Crippen LogP) is 3.94. The molecule has 0 fully saturated rings. The summed E-state index contributed by atoms with van der Waals surface area (Å²) in [6.45, 7) is 13.7. The van der Waals surface area contributed by atoms with Gasteiger partial charge >= 0.3 is 0 Å². The third kappa shape index (κ3) is 8.55. The van der Waals surface area contributed by atoms with E-state index in [4.69, 9.17) is 0 Å². The minimum atomic E-state index is -0.213. The van der Waals surface area contributed by atoms with Gasteiger partial charge in [0, 0.05) is 50.5 Å². The number of carbonyl (C=O) groups excluding carboxylic acids is 1. The lowest BCUT2D eigenvalue weighted by atomic mass is 9.78. The molecule has 0 atom stereocenters. The molecule has 0 saturated carbocycles. The average Bonchev–Trinajstić information content (AvgIpc) is 2.83. The fourth-order valence-corrected chi connectivity index (χ4v) is 4.52. The molecule has 1 N–H and O–H groups in total. The second kappa shape index (κ2) is 14.9. The van der Waals surface area contributed by atoms with Gasteiger partial charge in [0.15, 0.2) is 5.71 Å². The van der Waals surface area contributed by atoms with Gasteiger partial charge in [0.1, 0.15) is 7.05 Å². The number of allylic oxidation sites excluding steroid dienone is 5. The van der Waals surface area contributed by atoms with Crippen molar-refractivity contribution in [3.05, 3.63) is 72.9 Å². The Hall–Kier alpha value is -2.18. The molecule has 1 aromatic rings. The van der Waals surface area contributed by atoms with Gasteiger partial charge in [-0.2, -0.15) is 25.3 Å². The van der Waals surface area contributed by atoms with E-state index >= 15 is 0 Å². The van der Waals surface area contributed by atoms with Gasteiger partial charge in [-0.1, -0.05) is 43.5 Å². The van der Waals surface area contributed by atoms with Crippen LogP contribution in [-0.4, -0.2) is 62.3 Å². The summed E-state index contributed by atoms with van der Waals surface area (Å²) >= 11 is 8.50. The number of rotatable bonds is 14. The Balaban J connectivity index is 2.75. The van der Waals surface area contributed by atoms with Crippen LogP contribution in [0.5, 0.6) is 0 Å². The second-order valence-corrected chi connectivity index (χ2v) is 9.60. The number of benzene rings is 1. The zero-order chi connectivity index (χ0) is 25.7. The highest BCUT2D eigenvalue weighted by Crippen LogP contribution is 2.28. The van der Waals surface area contributed by atoms with Crippen molar-refractivity contribution < 1.29 is 9.79 Å². The summed E-state index contributed by atoms with van der Waals surface area (Å²) in [5.74, 6) is 1.05. The molecule has 0 spiro atoms. The Bertz CT molecular complexity index is 897. The van der Waals surface area contributed by atoms with Crippen LogP contribution in [0.15, 0.2) is 67.3 Å². The van der Waals surface area contributed by atoms with E-state index in [0.29, 0.717) is 18.1 Å². The topological polar surface area (TPSA) is 37.5 Å². The van der Waals surface area contributed by atoms with Crippen LogP contribution in [0.25, 0.3) is 6.08 Å². The Kier molecular flexibility index (Phi) is 13.1. The van der Waals surface area contributed by atoms with Crippen molar-refractivity contribution in [3.63, 3.8) is 0 Å². The third-order valence-corrected chi connectivity index (χ3v) is 6.99. The lowest BCUT2D eigenvalue weighted by Gasteiger charge is -2.24. The quantitative estimate of drug-likeness (QED) is 0.206. The average molecular weight is 501 g/mol. The maximum absolute atomic E-state index is 12.4. The van der Waals surface area contributed by atoms with Crippen molar-refractivity contribution in [2.24, 2.45) is 11.3 Å². The number of nitrogens with zero attached hydrogens (tertiary/aromatic N) is 2. The largest absolute Gasteiger partial charge is 0.375 e. The number of hydrogen-bond donors (Lipinski definition) is 3. The van der Waals surface area contributed by atoms with E-state index in [-0.39, 0.29) is 17.2 Å². The van der Waals surface area contributed by atoms with Gasteiger partial charge in [-0.25, -0.2) is 4.99 Å². The van der Waals surface area contributed by atoms with Crippen molar-refractivity contribution >= 4 is 48.6 Å². The highest BCUT2D eigenvalue weighted by molar-refractivity contribution is 7.81. The molecule has 1 rings (SSSR count). The lowest BCUT2D eigenvalue weighted by Crippen LogP contribution is -2.70. The van der Waals surface area contributed by atoms with E-state index < -0.39 is 0 Å². The lowest BCUT2D eigenvalue weighted by molar-refractivity contribution is -0.423. The van der Waals surface area contributed by atoms with Crippen LogP contribution in [0.1, 0.15) is 25.8 Å². The minimum absolute atomic E-state index is 0.116. The van der Waals surface area contributed by atoms with Crippen molar-refractivity contribution in [1.82, 2.24) is 4.90 Å². The number of amides is 1. The number of thiol groups is 2. The van der Waals surface area contributed by atoms with E-state index in [1.165, 1.54) is 0 Å². The molecule has 4 nitrogen and oxygen atoms in total. The zero-order valence-electron chi connectivity index (χ0n) is 21.4. The number of carbonyl (C=O) groups is 1. The summed E-state index contributed by atoms with van der Waals surface area (Å²) in [4.78, 5) is 19.7. The Morgan fingerprint density at radius 1 is 1.12 bits per heavy atom. The summed E-state index contributed by atoms with van der Waals surface area (Å²) in [5.41, 5.74) is 4.26. The molecule has 0 aliphatic heterocycles. The number of nitrogens with one attached hydrogen (secondary N) is 1. The first-order valence-electron chi connectivity index (χ1n) is 11.6. The van der Waals surface area contributed by atoms with Gasteiger partial charge in [-0.05, 0) is 49.6 Å². The van der Waals surface area contributed by atoms with Gasteiger partial charge in [0.2, 0.25) is 5.91 Å². The first-order chi connectivity index (χ1) is 16.2. The summed E-state index contributed by atoms with van der Waals surface area (Å²) in [6.07, 6.45) is 10.8. The maximum Gasteiger partial charge on any atom is 0.227 e. The van der Waals surface area contributed by atoms with Crippen LogP contribution in [0.3, 0.4) is 0 Å². The maximum atomic E-state index is 12.4. The smallest absolute Gasteiger partial charge is 0.227 e. The fourth-order valence-electron chi connectivity index (χ4n) is 3.75. The fraction of sp³-hybridized carbons (Fsp3) is 0.429. The molecule has 1 amide bonds. The third-order valence-electron chi connectivity index (χ3n) is 6.11. The molecule has 0 aliphatic carbocycles. The van der Waals surface area contributed by atoms with E-state index in [1.807, 2.05) is 26.2 Å². The van der Waals surface area contributed by atoms with Crippen LogP contribution in [0.2, 0.25) is 0 Å². The van der Waals surface area contributed by atoms with Crippen molar-refractivity contribution in [3.8, 4) is 0 Å². The first-order valence-corrected chi connectivity index (χ1v) is 12.9. The van der Waals surface area contributed by atoms with Gasteiger partial charge in [0.05, 0.1) is 11.3 Å². The van der Waals surface area contributed by atoms with Crippen molar-refractivity contribution in [1.29, 1.82) is 0 Å². The molecule has 34 heavy (non-hydrogen) atoms. The van der Waals surface area contributed by atoms with E-state index in [1.54, 1.807) is 11.0 Å². The Morgan fingerprint density at radius 2 is 1.74 bits per heavy atom. The second-order valence-electron chi connectivity index (χ2n) is 8.87. The van der Waals surface area contributed by atoms with Gasteiger partial charge in [-0.3, -0.25) is 4.79 Å². The molecule has 0 radical (unpaired) electrons. The van der Waals surface area contributed by atoms with Gasteiger partial charge in [0.25, 0.3) is 0 Å². The van der Waals surface area contributed by atoms with E-state index in [0.717, 1.165) is 35.5 Å². The molecule has 0 unspecified atom stereocenters. The summed E-state index contributed by atoms with van der Waals surface area (Å²) in [6, 6.07) is 8.50. The highest BCUT2D eigenvalue weighted by atomic mass is 32.1. The zero-order valence-corrected chi connectivity index (χ0v) is 23.2. The normalized spacial score (nSPS) is 12.8. The van der Waals surface area contributed by atoms with Gasteiger partial charge < -0.3 is 9.80 Å². The van der Waals surface area contributed by atoms with E-state index in [2.05, 4.69) is 106 Å². The molecule has 0 saturated heterocycles. The minimum Gasteiger partial charge on any atom is -0.375 e. The van der Waals surface area contributed by atoms with Crippen LogP contribution in [0.4, 0.5) is 5.69 Å². The van der Waals surface area contributed by atoms with Crippen LogP contribution >= 0.6 is 25.3 Å². The molecule has 0 aliphatic rings. The first kappa shape index (κ1) is 29.9. The summed E-state index contributed by atoms with van der Waals surface area (Å²) in [7, 11) is 5.87. The standard InChI is InChI=1S/C28H41N3OS2/c1-8-11-24(9-2)28(3,4)26(29-5)17-14-22-12-15-25(16-13-22)30(6)18-10-19-31(7)27(32)23(20-33)21-34/h8-9,11-17,23,33-34H,1-2,10,18-21H2,3-7H3/p+1/b17-14+,24-11+,29-26?. The molecule has 0 heterocycles. The molecule has 1 aromatic carbocycles. The number of anilines is 1. The van der Waals surface area contributed by atoms with Gasteiger partial charge in [-0.15, -0.1) is 0 Å². The van der Waals surface area contributed by atoms with E-state index in [9.17, 15) is 4.79 Å². The molecule has 0 bridgehead atoms. The molecular formula is C28H42N3OS2+. The molecule has 6 heteroatoms. The van der Waals surface area contributed by atoms with Crippen molar-refractivity contribution in [2.45, 2.75) is 20.3 Å². The monoisotopic (exact) mass is 500 g/mol. The molecule has 186 valence electrons. The SMILES string of the molecule is C=C/C=C(\C=C)C(C)(C)C(/C=C/c1ccc(N(C)CCCN(C)C(=O)C(CS)CS)cc1)=[NH+]C. The highest BCUT2D eigenvalue weighted by Gasteiger charge is 2.30. The van der Waals surface area contributed by atoms with Crippen LogP contribution in [0, 0.1) is 11.3 Å². The number of hydrogen-bond acceptors (Lipinski definition) is 4. The van der Waals surface area contributed by atoms with Crippen molar-refractivity contribution in [2.75, 3.05) is 50.6 Å². The molecular weight excluding hydrogens is 458 g/mol. The van der Waals surface area contributed by atoms with Crippen LogP contribution in [-0.2, 0) is 4.79 Å². The van der Waals surface area contributed by atoms with Crippen LogP contribution < -0.4 is 9.89 Å². The predicted molar refractivity (Wildman–Crippen MR) is 156 cm³/mol. The summed E-state index contributed by atoms with van der Waals surface area (Å²) in [5, 5.41) is 0. The molecule has 0 aromatic heterocycles. The summed E-state index contributed by atoms with van der Waals surface area (Å²) < 4.78 is 0. The Morgan fingerprint density at radius 3 is 2.24 bits per heavy atom.